The van der Waals surface area contributed by atoms with Gasteiger partial charge in [-0.3, -0.25) is 9.52 Å². The molecule has 0 amide bonds. The number of nitrogens with one attached hydrogen (secondary N) is 1. The van der Waals surface area contributed by atoms with Gasteiger partial charge >= 0.3 is 0 Å². The zero-order valence-electron chi connectivity index (χ0n) is 11.8. The average Bonchev–Trinajstić information content (AvgIpc) is 2.77. The second kappa shape index (κ2) is 6.50. The molecular weight excluding hydrogens is 238 g/mol. The second-order valence-electron chi connectivity index (χ2n) is 4.96. The summed E-state index contributed by atoms with van der Waals surface area (Å²) in [7, 11) is 1.94. The van der Waals surface area contributed by atoms with Crippen molar-refractivity contribution in [1.29, 1.82) is 0 Å². The van der Waals surface area contributed by atoms with Gasteiger partial charge in [0.1, 0.15) is 0 Å². The summed E-state index contributed by atoms with van der Waals surface area (Å²) in [6, 6.07) is 10.1. The monoisotopic (exact) mass is 259 g/mol. The number of hydrogen-bond acceptors (Lipinski definition) is 3. The SMILES string of the molecule is CC(C)c1nn(C)cc1CNOCc1ccccc1. The van der Waals surface area contributed by atoms with Gasteiger partial charge in [0.05, 0.1) is 12.3 Å². The summed E-state index contributed by atoms with van der Waals surface area (Å²) >= 11 is 0. The molecule has 0 radical (unpaired) electrons. The molecule has 1 heterocycles. The fraction of sp³-hybridized carbons (Fsp3) is 0.400. The van der Waals surface area contributed by atoms with Gasteiger partial charge in [-0.2, -0.15) is 10.6 Å². The lowest BCUT2D eigenvalue weighted by Crippen LogP contribution is -2.14. The highest BCUT2D eigenvalue weighted by molar-refractivity contribution is 5.19. The van der Waals surface area contributed by atoms with Gasteiger partial charge < -0.3 is 0 Å². The first-order chi connectivity index (χ1) is 9.16. The molecule has 0 atom stereocenters. The van der Waals surface area contributed by atoms with E-state index in [0.29, 0.717) is 19.1 Å². The number of aromatic nitrogens is 2. The number of aryl methyl sites for hydroxylation is 1. The Morgan fingerprint density at radius 3 is 2.68 bits per heavy atom. The van der Waals surface area contributed by atoms with Crippen LogP contribution in [0.1, 0.15) is 36.6 Å². The molecule has 19 heavy (non-hydrogen) atoms. The average molecular weight is 259 g/mol. The number of hydroxylamine groups is 1. The standard InChI is InChI=1S/C15H21N3O/c1-12(2)15-14(10-18(3)17-15)9-16-19-11-13-7-5-4-6-8-13/h4-8,10,12,16H,9,11H2,1-3H3. The van der Waals surface area contributed by atoms with Gasteiger partial charge in [-0.1, -0.05) is 44.2 Å². The number of nitrogens with zero attached hydrogens (tertiary/aromatic N) is 2. The normalized spacial score (nSPS) is 11.2. The molecule has 1 aromatic heterocycles. The third kappa shape index (κ3) is 3.91. The second-order valence-corrected chi connectivity index (χ2v) is 4.96. The Morgan fingerprint density at radius 2 is 2.00 bits per heavy atom. The molecule has 0 bridgehead atoms. The zero-order valence-corrected chi connectivity index (χ0v) is 11.8. The van der Waals surface area contributed by atoms with E-state index in [0.717, 1.165) is 11.3 Å². The summed E-state index contributed by atoms with van der Waals surface area (Å²) in [4.78, 5) is 5.48. The van der Waals surface area contributed by atoms with Crippen LogP contribution in [-0.2, 0) is 25.0 Å². The fourth-order valence-corrected chi connectivity index (χ4v) is 2.01. The van der Waals surface area contributed by atoms with E-state index in [1.165, 1.54) is 5.56 Å². The molecule has 0 unspecified atom stereocenters. The highest BCUT2D eigenvalue weighted by Gasteiger charge is 2.10. The van der Waals surface area contributed by atoms with E-state index in [-0.39, 0.29) is 0 Å². The van der Waals surface area contributed by atoms with Crippen molar-refractivity contribution in [2.75, 3.05) is 0 Å². The van der Waals surface area contributed by atoms with Crippen molar-refractivity contribution in [2.45, 2.75) is 32.9 Å². The maximum atomic E-state index is 5.48. The van der Waals surface area contributed by atoms with Crippen molar-refractivity contribution in [3.8, 4) is 0 Å². The van der Waals surface area contributed by atoms with Crippen LogP contribution in [0.25, 0.3) is 0 Å². The van der Waals surface area contributed by atoms with Crippen LogP contribution in [-0.4, -0.2) is 9.78 Å². The lowest BCUT2D eigenvalue weighted by atomic mass is 10.1. The van der Waals surface area contributed by atoms with Gasteiger partial charge in [0.15, 0.2) is 0 Å². The minimum atomic E-state index is 0.423. The summed E-state index contributed by atoms with van der Waals surface area (Å²) < 4.78 is 1.85. The van der Waals surface area contributed by atoms with E-state index >= 15 is 0 Å². The number of benzene rings is 1. The Bertz CT molecular complexity index is 505. The van der Waals surface area contributed by atoms with Gasteiger partial charge in [0.2, 0.25) is 0 Å². The van der Waals surface area contributed by atoms with Crippen LogP contribution in [0.4, 0.5) is 0 Å². The first-order valence-electron chi connectivity index (χ1n) is 6.58. The van der Waals surface area contributed by atoms with E-state index in [1.54, 1.807) is 0 Å². The summed E-state index contributed by atoms with van der Waals surface area (Å²) in [5.74, 6) is 0.423. The number of hydrogen-bond donors (Lipinski definition) is 1. The van der Waals surface area contributed by atoms with Crippen molar-refractivity contribution >= 4 is 0 Å². The minimum absolute atomic E-state index is 0.423. The van der Waals surface area contributed by atoms with Crippen molar-refractivity contribution in [3.63, 3.8) is 0 Å². The van der Waals surface area contributed by atoms with Gasteiger partial charge in [-0.25, -0.2) is 0 Å². The molecular formula is C15H21N3O. The molecule has 0 aliphatic rings. The van der Waals surface area contributed by atoms with Crippen molar-refractivity contribution < 1.29 is 4.84 Å². The summed E-state index contributed by atoms with van der Waals surface area (Å²) in [5, 5.41) is 4.47. The molecule has 4 heteroatoms. The molecule has 1 aromatic carbocycles. The minimum Gasteiger partial charge on any atom is -0.297 e. The Balaban J connectivity index is 1.83. The molecule has 0 spiro atoms. The highest BCUT2D eigenvalue weighted by atomic mass is 16.6. The van der Waals surface area contributed by atoms with Gasteiger partial charge in [0.25, 0.3) is 0 Å². The topological polar surface area (TPSA) is 39.1 Å². The lowest BCUT2D eigenvalue weighted by Gasteiger charge is -2.07. The van der Waals surface area contributed by atoms with Crippen LogP contribution >= 0.6 is 0 Å². The predicted molar refractivity (Wildman–Crippen MR) is 75.4 cm³/mol. The van der Waals surface area contributed by atoms with Crippen LogP contribution in [0.5, 0.6) is 0 Å². The van der Waals surface area contributed by atoms with E-state index in [9.17, 15) is 0 Å². The van der Waals surface area contributed by atoms with Crippen LogP contribution in [0, 0.1) is 0 Å². The molecule has 0 fully saturated rings. The van der Waals surface area contributed by atoms with Crippen molar-refractivity contribution in [3.05, 3.63) is 53.3 Å². The van der Waals surface area contributed by atoms with E-state index in [2.05, 4.69) is 24.4 Å². The first-order valence-corrected chi connectivity index (χ1v) is 6.58. The quantitative estimate of drug-likeness (QED) is 0.640. The van der Waals surface area contributed by atoms with Gasteiger partial charge in [-0.05, 0) is 11.5 Å². The molecule has 4 nitrogen and oxygen atoms in total. The summed E-state index contributed by atoms with van der Waals surface area (Å²) in [6.45, 7) is 5.54. The third-order valence-electron chi connectivity index (χ3n) is 2.93. The molecule has 2 rings (SSSR count). The van der Waals surface area contributed by atoms with Gasteiger partial charge in [-0.15, -0.1) is 0 Å². The van der Waals surface area contributed by atoms with Crippen molar-refractivity contribution in [2.24, 2.45) is 7.05 Å². The molecule has 1 N–H and O–H groups in total. The molecule has 0 saturated heterocycles. The molecule has 102 valence electrons. The van der Waals surface area contributed by atoms with Crippen LogP contribution in [0.15, 0.2) is 36.5 Å². The first kappa shape index (κ1) is 13.8. The van der Waals surface area contributed by atoms with Crippen molar-refractivity contribution in [1.82, 2.24) is 15.3 Å². The molecule has 0 aliphatic heterocycles. The fourth-order valence-electron chi connectivity index (χ4n) is 2.01. The lowest BCUT2D eigenvalue weighted by molar-refractivity contribution is 0.0233. The number of rotatable bonds is 6. The maximum absolute atomic E-state index is 5.48. The Kier molecular flexibility index (Phi) is 4.71. The van der Waals surface area contributed by atoms with E-state index in [1.807, 2.05) is 48.3 Å². The largest absolute Gasteiger partial charge is 0.297 e. The predicted octanol–water partition coefficient (Wildman–Crippen LogP) is 2.76. The summed E-state index contributed by atoms with van der Waals surface area (Å²) in [6.07, 6.45) is 2.04. The Hall–Kier alpha value is -1.65. The van der Waals surface area contributed by atoms with E-state index < -0.39 is 0 Å². The highest BCUT2D eigenvalue weighted by Crippen LogP contribution is 2.16. The Labute approximate surface area is 114 Å². The molecule has 0 aliphatic carbocycles. The third-order valence-corrected chi connectivity index (χ3v) is 2.93. The maximum Gasteiger partial charge on any atom is 0.0933 e. The zero-order chi connectivity index (χ0) is 13.7. The van der Waals surface area contributed by atoms with Crippen LogP contribution in [0.2, 0.25) is 0 Å². The summed E-state index contributed by atoms with van der Waals surface area (Å²) in [5.41, 5.74) is 6.47. The Morgan fingerprint density at radius 1 is 1.26 bits per heavy atom. The van der Waals surface area contributed by atoms with Crippen LogP contribution < -0.4 is 5.48 Å². The smallest absolute Gasteiger partial charge is 0.0933 e. The molecule has 2 aromatic rings. The van der Waals surface area contributed by atoms with Crippen LogP contribution in [0.3, 0.4) is 0 Å². The van der Waals surface area contributed by atoms with Gasteiger partial charge in [0, 0.05) is 25.4 Å². The van der Waals surface area contributed by atoms with E-state index in [4.69, 9.17) is 4.84 Å². The molecule has 0 saturated carbocycles.